The summed E-state index contributed by atoms with van der Waals surface area (Å²) < 4.78 is 0. The first-order chi connectivity index (χ1) is 8.22. The average Bonchev–Trinajstić information content (AvgIpc) is 2.42. The number of hydrogen-bond acceptors (Lipinski definition) is 1. The highest BCUT2D eigenvalue weighted by molar-refractivity contribution is 5.67. The molecule has 0 fully saturated rings. The van der Waals surface area contributed by atoms with Crippen LogP contribution in [0.15, 0.2) is 30.0 Å². The van der Waals surface area contributed by atoms with Crippen LogP contribution in [0.4, 0.5) is 0 Å². The van der Waals surface area contributed by atoms with Crippen molar-refractivity contribution in [2.45, 2.75) is 47.5 Å². The van der Waals surface area contributed by atoms with Crippen LogP contribution in [0.3, 0.4) is 0 Å². The molecule has 1 nitrogen and oxygen atoms in total. The number of rotatable bonds is 4. The quantitative estimate of drug-likeness (QED) is 0.799. The van der Waals surface area contributed by atoms with Gasteiger partial charge < -0.3 is 5.32 Å². The molecule has 0 saturated heterocycles. The van der Waals surface area contributed by atoms with Gasteiger partial charge in [-0.2, -0.15) is 0 Å². The highest BCUT2D eigenvalue weighted by Crippen LogP contribution is 2.21. The summed E-state index contributed by atoms with van der Waals surface area (Å²) in [7, 11) is 1.98. The van der Waals surface area contributed by atoms with Crippen LogP contribution in [0.2, 0.25) is 0 Å². The molecule has 0 radical (unpaired) electrons. The molecule has 96 valence electrons. The van der Waals surface area contributed by atoms with Gasteiger partial charge in [-0.25, -0.2) is 0 Å². The standard InChI is InChI=1S/C14H21N.C2H6/c1-5-12-7-9-13(10-8-12)14(6-2)11(3)15-4;1-2/h7-10,15H,5-6H2,1-4H3;1-2H3/b14-11+;. The lowest BCUT2D eigenvalue weighted by Crippen LogP contribution is -2.05. The van der Waals surface area contributed by atoms with E-state index in [2.05, 4.69) is 50.4 Å². The highest BCUT2D eigenvalue weighted by atomic mass is 14.8. The summed E-state index contributed by atoms with van der Waals surface area (Å²) in [4.78, 5) is 0. The second kappa shape index (κ2) is 8.86. The maximum absolute atomic E-state index is 3.22. The van der Waals surface area contributed by atoms with Gasteiger partial charge in [-0.3, -0.25) is 0 Å². The van der Waals surface area contributed by atoms with Gasteiger partial charge in [0, 0.05) is 12.7 Å². The summed E-state index contributed by atoms with van der Waals surface area (Å²) in [6.45, 7) is 10.5. The van der Waals surface area contributed by atoms with Gasteiger partial charge in [-0.15, -0.1) is 0 Å². The van der Waals surface area contributed by atoms with Crippen molar-refractivity contribution < 1.29 is 0 Å². The van der Waals surface area contributed by atoms with Gasteiger partial charge >= 0.3 is 0 Å². The Kier molecular flexibility index (Phi) is 8.21. The van der Waals surface area contributed by atoms with Gasteiger partial charge in [0.25, 0.3) is 0 Å². The summed E-state index contributed by atoms with van der Waals surface area (Å²) in [5, 5.41) is 3.22. The van der Waals surface area contributed by atoms with Crippen molar-refractivity contribution >= 4 is 5.57 Å². The molecular weight excluding hydrogens is 206 g/mol. The molecule has 1 heteroatoms. The van der Waals surface area contributed by atoms with Crippen LogP contribution in [-0.4, -0.2) is 7.05 Å². The van der Waals surface area contributed by atoms with E-state index in [1.807, 2.05) is 20.9 Å². The summed E-state index contributed by atoms with van der Waals surface area (Å²) in [6, 6.07) is 8.87. The first-order valence-corrected chi connectivity index (χ1v) is 6.69. The fraction of sp³-hybridized carbons (Fsp3) is 0.500. The van der Waals surface area contributed by atoms with E-state index in [0.29, 0.717) is 0 Å². The van der Waals surface area contributed by atoms with E-state index in [-0.39, 0.29) is 0 Å². The monoisotopic (exact) mass is 233 g/mol. The van der Waals surface area contributed by atoms with Gasteiger partial charge in [0.05, 0.1) is 0 Å². The average molecular weight is 233 g/mol. The van der Waals surface area contributed by atoms with Crippen molar-refractivity contribution in [1.82, 2.24) is 5.32 Å². The first-order valence-electron chi connectivity index (χ1n) is 6.69. The molecule has 0 heterocycles. The molecule has 1 rings (SSSR count). The third kappa shape index (κ3) is 4.64. The number of nitrogens with one attached hydrogen (secondary N) is 1. The fourth-order valence-electron chi connectivity index (χ4n) is 1.78. The van der Waals surface area contributed by atoms with Crippen molar-refractivity contribution in [1.29, 1.82) is 0 Å². The van der Waals surface area contributed by atoms with Gasteiger partial charge in [0.2, 0.25) is 0 Å². The van der Waals surface area contributed by atoms with Crippen molar-refractivity contribution in [3.05, 3.63) is 41.1 Å². The van der Waals surface area contributed by atoms with Crippen LogP contribution < -0.4 is 5.32 Å². The molecule has 0 unspecified atom stereocenters. The topological polar surface area (TPSA) is 12.0 Å². The largest absolute Gasteiger partial charge is 0.391 e. The minimum absolute atomic E-state index is 1.07. The number of aryl methyl sites for hydroxylation is 1. The summed E-state index contributed by atoms with van der Waals surface area (Å²) in [5.41, 5.74) is 5.40. The molecule has 0 bridgehead atoms. The maximum atomic E-state index is 3.22. The minimum Gasteiger partial charge on any atom is -0.391 e. The van der Waals surface area contributed by atoms with Crippen molar-refractivity contribution in [3.8, 4) is 0 Å². The Balaban J connectivity index is 0.00000121. The van der Waals surface area contributed by atoms with Crippen LogP contribution in [0.1, 0.15) is 52.2 Å². The molecule has 0 saturated carbocycles. The van der Waals surface area contributed by atoms with E-state index in [1.165, 1.54) is 22.4 Å². The molecule has 0 atom stereocenters. The third-order valence-corrected chi connectivity index (χ3v) is 2.89. The van der Waals surface area contributed by atoms with Crippen molar-refractivity contribution in [2.75, 3.05) is 7.05 Å². The lowest BCUT2D eigenvalue weighted by molar-refractivity contribution is 0.977. The van der Waals surface area contributed by atoms with Gasteiger partial charge in [-0.05, 0) is 36.5 Å². The predicted octanol–water partition coefficient (Wildman–Crippen LogP) is 4.64. The normalized spacial score (nSPS) is 11.2. The lowest BCUT2D eigenvalue weighted by Gasteiger charge is -2.11. The Morgan fingerprint density at radius 3 is 1.94 bits per heavy atom. The number of benzene rings is 1. The van der Waals surface area contributed by atoms with Crippen molar-refractivity contribution in [3.63, 3.8) is 0 Å². The zero-order valence-electron chi connectivity index (χ0n) is 12.2. The molecule has 0 amide bonds. The Hall–Kier alpha value is -1.24. The molecule has 1 aromatic rings. The highest BCUT2D eigenvalue weighted by Gasteiger charge is 2.02. The Morgan fingerprint density at radius 1 is 1.06 bits per heavy atom. The van der Waals surface area contributed by atoms with E-state index < -0.39 is 0 Å². The van der Waals surface area contributed by atoms with Crippen LogP contribution in [0, 0.1) is 0 Å². The lowest BCUT2D eigenvalue weighted by atomic mass is 10.00. The van der Waals surface area contributed by atoms with Gasteiger partial charge in [0.1, 0.15) is 0 Å². The van der Waals surface area contributed by atoms with Crippen LogP contribution in [0.5, 0.6) is 0 Å². The smallest absolute Gasteiger partial charge is 0.0111 e. The Bertz CT molecular complexity index is 333. The maximum Gasteiger partial charge on any atom is 0.0111 e. The molecule has 1 N–H and O–H groups in total. The van der Waals surface area contributed by atoms with E-state index in [1.54, 1.807) is 0 Å². The predicted molar refractivity (Wildman–Crippen MR) is 79.1 cm³/mol. The molecule has 1 aromatic carbocycles. The molecule has 0 aliphatic carbocycles. The van der Waals surface area contributed by atoms with E-state index >= 15 is 0 Å². The molecule has 0 spiro atoms. The zero-order chi connectivity index (χ0) is 13.3. The first kappa shape index (κ1) is 15.8. The third-order valence-electron chi connectivity index (χ3n) is 2.89. The van der Waals surface area contributed by atoms with Gasteiger partial charge in [-0.1, -0.05) is 52.0 Å². The van der Waals surface area contributed by atoms with Crippen LogP contribution in [-0.2, 0) is 6.42 Å². The minimum atomic E-state index is 1.07. The van der Waals surface area contributed by atoms with Gasteiger partial charge in [0.15, 0.2) is 0 Å². The molecule has 17 heavy (non-hydrogen) atoms. The second-order valence-electron chi connectivity index (χ2n) is 3.76. The van der Waals surface area contributed by atoms with Crippen LogP contribution in [0.25, 0.3) is 5.57 Å². The fourth-order valence-corrected chi connectivity index (χ4v) is 1.78. The van der Waals surface area contributed by atoms with E-state index in [0.717, 1.165) is 12.8 Å². The Morgan fingerprint density at radius 2 is 1.59 bits per heavy atom. The van der Waals surface area contributed by atoms with E-state index in [9.17, 15) is 0 Å². The Labute approximate surface area is 107 Å². The van der Waals surface area contributed by atoms with E-state index in [4.69, 9.17) is 0 Å². The second-order valence-corrected chi connectivity index (χ2v) is 3.76. The molecule has 0 aliphatic rings. The summed E-state index contributed by atoms with van der Waals surface area (Å²) in [5.74, 6) is 0. The number of allylic oxidation sites excluding steroid dienone is 2. The SMILES string of the molecule is CC.CC/C(=C(/C)NC)c1ccc(CC)cc1. The summed E-state index contributed by atoms with van der Waals surface area (Å²) >= 11 is 0. The number of hydrogen-bond donors (Lipinski definition) is 1. The van der Waals surface area contributed by atoms with Crippen LogP contribution >= 0.6 is 0 Å². The summed E-state index contributed by atoms with van der Waals surface area (Å²) in [6.07, 6.45) is 2.18. The molecule has 0 aromatic heterocycles. The van der Waals surface area contributed by atoms with Crippen molar-refractivity contribution in [2.24, 2.45) is 0 Å². The molecule has 0 aliphatic heterocycles. The molecular formula is C16H27N. The zero-order valence-corrected chi connectivity index (χ0v) is 12.2.